The zero-order valence-corrected chi connectivity index (χ0v) is 19.1. The Balaban J connectivity index is 1.72. The first-order valence-electron chi connectivity index (χ1n) is 10.7. The monoisotopic (exact) mass is 442 g/mol. The second kappa shape index (κ2) is 9.61. The van der Waals surface area contributed by atoms with E-state index in [0.29, 0.717) is 18.2 Å². The summed E-state index contributed by atoms with van der Waals surface area (Å²) in [4.78, 5) is 16.9. The first-order chi connectivity index (χ1) is 16.0. The summed E-state index contributed by atoms with van der Waals surface area (Å²) >= 11 is 0. The van der Waals surface area contributed by atoms with Crippen molar-refractivity contribution in [3.8, 4) is 22.6 Å². The van der Waals surface area contributed by atoms with Gasteiger partial charge >= 0.3 is 0 Å². The fourth-order valence-electron chi connectivity index (χ4n) is 3.68. The standard InChI is InChI=1S/C27H26N2O4/c1-5-32-24-15-25-22(23(16-33-25)19-8-10-20(31-4)11-9-19)14-21(24)18(3)13-26(30)29-27-17(2)7-6-12-28-27/h6-16H,5H2,1-4H3,(H,28,29,30)/b18-13+. The van der Waals surface area contributed by atoms with Crippen LogP contribution in [0, 0.1) is 6.92 Å². The Morgan fingerprint density at radius 3 is 2.67 bits per heavy atom. The molecule has 6 heteroatoms. The summed E-state index contributed by atoms with van der Waals surface area (Å²) in [5.74, 6) is 1.75. The molecule has 0 radical (unpaired) electrons. The minimum atomic E-state index is -0.251. The number of nitrogens with one attached hydrogen (secondary N) is 1. The number of aromatic nitrogens is 1. The third-order valence-electron chi connectivity index (χ3n) is 5.40. The number of nitrogens with zero attached hydrogens (tertiary/aromatic N) is 1. The van der Waals surface area contributed by atoms with E-state index in [1.807, 2.05) is 69.3 Å². The molecule has 4 aromatic rings. The number of anilines is 1. The number of benzene rings is 2. The quantitative estimate of drug-likeness (QED) is 0.342. The highest BCUT2D eigenvalue weighted by Gasteiger charge is 2.16. The molecule has 2 aromatic carbocycles. The first-order valence-corrected chi connectivity index (χ1v) is 10.7. The van der Waals surface area contributed by atoms with Crippen molar-refractivity contribution in [3.63, 3.8) is 0 Å². The predicted octanol–water partition coefficient (Wildman–Crippen LogP) is 6.25. The number of methoxy groups -OCH3 is 1. The third kappa shape index (κ3) is 4.75. The predicted molar refractivity (Wildman–Crippen MR) is 131 cm³/mol. The minimum absolute atomic E-state index is 0.251. The molecule has 2 heterocycles. The number of allylic oxidation sites excluding steroid dienone is 1. The molecule has 0 saturated heterocycles. The normalized spacial score (nSPS) is 11.5. The van der Waals surface area contributed by atoms with E-state index in [1.54, 1.807) is 25.6 Å². The lowest BCUT2D eigenvalue weighted by Crippen LogP contribution is -2.11. The molecule has 0 bridgehead atoms. The highest BCUT2D eigenvalue weighted by atomic mass is 16.5. The molecular weight excluding hydrogens is 416 g/mol. The summed E-state index contributed by atoms with van der Waals surface area (Å²) in [6, 6.07) is 15.4. The lowest BCUT2D eigenvalue weighted by molar-refractivity contribution is -0.111. The van der Waals surface area contributed by atoms with Gasteiger partial charge in [-0.2, -0.15) is 0 Å². The van der Waals surface area contributed by atoms with Crippen LogP contribution in [-0.2, 0) is 4.79 Å². The Kier molecular flexibility index (Phi) is 6.45. The maximum Gasteiger partial charge on any atom is 0.249 e. The van der Waals surface area contributed by atoms with Gasteiger partial charge in [-0.05, 0) is 61.7 Å². The van der Waals surface area contributed by atoms with Gasteiger partial charge in [-0.3, -0.25) is 4.79 Å². The lowest BCUT2D eigenvalue weighted by atomic mass is 9.99. The van der Waals surface area contributed by atoms with Crippen LogP contribution in [0.5, 0.6) is 11.5 Å². The molecule has 0 aliphatic heterocycles. The molecule has 0 saturated carbocycles. The van der Waals surface area contributed by atoms with Gasteiger partial charge in [0.1, 0.15) is 22.9 Å². The van der Waals surface area contributed by atoms with Crippen molar-refractivity contribution in [1.29, 1.82) is 0 Å². The van der Waals surface area contributed by atoms with Gasteiger partial charge in [0.15, 0.2) is 0 Å². The molecule has 0 spiro atoms. The summed E-state index contributed by atoms with van der Waals surface area (Å²) in [7, 11) is 1.64. The summed E-state index contributed by atoms with van der Waals surface area (Å²) in [5, 5.41) is 3.78. The van der Waals surface area contributed by atoms with E-state index < -0.39 is 0 Å². The van der Waals surface area contributed by atoms with Crippen LogP contribution in [0.1, 0.15) is 25.0 Å². The van der Waals surface area contributed by atoms with Crippen LogP contribution < -0.4 is 14.8 Å². The largest absolute Gasteiger partial charge is 0.497 e. The van der Waals surface area contributed by atoms with Crippen LogP contribution in [0.25, 0.3) is 27.7 Å². The molecule has 1 N–H and O–H groups in total. The second-order valence-electron chi connectivity index (χ2n) is 7.64. The molecule has 6 nitrogen and oxygen atoms in total. The molecule has 0 aliphatic rings. The maximum atomic E-state index is 12.7. The average molecular weight is 443 g/mol. The number of ether oxygens (including phenoxy) is 2. The van der Waals surface area contributed by atoms with Crippen LogP contribution in [0.4, 0.5) is 5.82 Å². The number of pyridine rings is 1. The molecule has 0 aliphatic carbocycles. The highest BCUT2D eigenvalue weighted by molar-refractivity contribution is 6.05. The van der Waals surface area contributed by atoms with Gasteiger partial charge in [0, 0.05) is 34.9 Å². The Hall–Kier alpha value is -4.06. The minimum Gasteiger partial charge on any atom is -0.497 e. The van der Waals surface area contributed by atoms with E-state index in [0.717, 1.165) is 44.5 Å². The molecule has 1 amide bonds. The van der Waals surface area contributed by atoms with Crippen molar-refractivity contribution in [2.75, 3.05) is 19.0 Å². The van der Waals surface area contributed by atoms with Gasteiger partial charge in [-0.25, -0.2) is 4.98 Å². The Morgan fingerprint density at radius 1 is 1.18 bits per heavy atom. The van der Waals surface area contributed by atoms with Crippen molar-refractivity contribution >= 4 is 28.3 Å². The van der Waals surface area contributed by atoms with Gasteiger partial charge in [0.25, 0.3) is 0 Å². The van der Waals surface area contributed by atoms with Gasteiger partial charge in [-0.1, -0.05) is 18.2 Å². The van der Waals surface area contributed by atoms with Gasteiger partial charge in [0.05, 0.1) is 20.0 Å². The van der Waals surface area contributed by atoms with E-state index in [2.05, 4.69) is 10.3 Å². The molecule has 0 fully saturated rings. The Morgan fingerprint density at radius 2 is 1.97 bits per heavy atom. The van der Waals surface area contributed by atoms with E-state index in [4.69, 9.17) is 13.9 Å². The number of aryl methyl sites for hydroxylation is 1. The van der Waals surface area contributed by atoms with E-state index in [1.165, 1.54) is 0 Å². The number of hydrogen-bond acceptors (Lipinski definition) is 5. The summed E-state index contributed by atoms with van der Waals surface area (Å²) in [5.41, 5.74) is 5.18. The number of amides is 1. The smallest absolute Gasteiger partial charge is 0.249 e. The molecule has 0 unspecified atom stereocenters. The van der Waals surface area contributed by atoms with Gasteiger partial charge < -0.3 is 19.2 Å². The van der Waals surface area contributed by atoms with Crippen molar-refractivity contribution < 1.29 is 18.7 Å². The second-order valence-corrected chi connectivity index (χ2v) is 7.64. The number of fused-ring (bicyclic) bond motifs is 1. The van der Waals surface area contributed by atoms with E-state index in [9.17, 15) is 4.79 Å². The summed E-state index contributed by atoms with van der Waals surface area (Å²) in [6.07, 6.45) is 4.95. The van der Waals surface area contributed by atoms with Gasteiger partial charge in [-0.15, -0.1) is 0 Å². The molecule has 2 aromatic heterocycles. The topological polar surface area (TPSA) is 73.6 Å². The van der Waals surface area contributed by atoms with Crippen molar-refractivity contribution in [2.45, 2.75) is 20.8 Å². The zero-order chi connectivity index (χ0) is 23.4. The van der Waals surface area contributed by atoms with Crippen LogP contribution in [0.3, 0.4) is 0 Å². The van der Waals surface area contributed by atoms with E-state index >= 15 is 0 Å². The lowest BCUT2D eigenvalue weighted by Gasteiger charge is -2.12. The van der Waals surface area contributed by atoms with Gasteiger partial charge in [0.2, 0.25) is 5.91 Å². The third-order valence-corrected chi connectivity index (χ3v) is 5.40. The molecule has 0 atom stereocenters. The number of hydrogen-bond donors (Lipinski definition) is 1. The Labute approximate surface area is 192 Å². The number of furan rings is 1. The van der Waals surface area contributed by atoms with Crippen LogP contribution in [-0.4, -0.2) is 24.6 Å². The fraction of sp³-hybridized carbons (Fsp3) is 0.185. The van der Waals surface area contributed by atoms with Crippen molar-refractivity contribution in [1.82, 2.24) is 4.98 Å². The van der Waals surface area contributed by atoms with E-state index in [-0.39, 0.29) is 5.91 Å². The SMILES string of the molecule is CCOc1cc2occ(-c3ccc(OC)cc3)c2cc1/C(C)=C/C(=O)Nc1ncccc1C. The molecule has 4 rings (SSSR count). The number of carbonyl (C=O) groups excluding carboxylic acids is 1. The van der Waals surface area contributed by atoms with Crippen LogP contribution >= 0.6 is 0 Å². The average Bonchev–Trinajstić information content (AvgIpc) is 3.23. The van der Waals surface area contributed by atoms with Crippen molar-refractivity contribution in [2.24, 2.45) is 0 Å². The van der Waals surface area contributed by atoms with Crippen LogP contribution in [0.2, 0.25) is 0 Å². The van der Waals surface area contributed by atoms with Crippen LogP contribution in [0.15, 0.2) is 71.5 Å². The fourth-order valence-corrected chi connectivity index (χ4v) is 3.68. The molecular formula is C27H26N2O4. The highest BCUT2D eigenvalue weighted by Crippen LogP contribution is 2.38. The zero-order valence-electron chi connectivity index (χ0n) is 19.1. The molecule has 33 heavy (non-hydrogen) atoms. The summed E-state index contributed by atoms with van der Waals surface area (Å²) < 4.78 is 17.0. The maximum absolute atomic E-state index is 12.7. The first kappa shape index (κ1) is 22.1. The molecule has 168 valence electrons. The Bertz CT molecular complexity index is 1320. The number of rotatable bonds is 7. The number of carbonyl (C=O) groups is 1. The van der Waals surface area contributed by atoms with Crippen molar-refractivity contribution in [3.05, 3.63) is 78.2 Å². The summed E-state index contributed by atoms with van der Waals surface area (Å²) in [6.45, 7) is 6.22.